The summed E-state index contributed by atoms with van der Waals surface area (Å²) in [5.74, 6) is -1.21. The van der Waals surface area contributed by atoms with E-state index in [9.17, 15) is 14.0 Å². The van der Waals surface area contributed by atoms with Crippen LogP contribution in [-0.4, -0.2) is 46.7 Å². The highest BCUT2D eigenvalue weighted by Crippen LogP contribution is 2.40. The highest BCUT2D eigenvalue weighted by Gasteiger charge is 2.34. The fourth-order valence-electron chi connectivity index (χ4n) is 4.18. The predicted molar refractivity (Wildman–Crippen MR) is 137 cm³/mol. The molecule has 1 fully saturated rings. The highest BCUT2D eigenvalue weighted by molar-refractivity contribution is 9.10. The summed E-state index contributed by atoms with van der Waals surface area (Å²) < 4.78 is 20.7. The van der Waals surface area contributed by atoms with Gasteiger partial charge in [-0.2, -0.15) is 0 Å². The molecule has 35 heavy (non-hydrogen) atoms. The summed E-state index contributed by atoms with van der Waals surface area (Å²) in [6.07, 6.45) is 4.38. The average molecular weight is 546 g/mol. The lowest BCUT2D eigenvalue weighted by Gasteiger charge is -2.36. The zero-order valence-corrected chi connectivity index (χ0v) is 21.8. The Morgan fingerprint density at radius 1 is 1.31 bits per heavy atom. The Morgan fingerprint density at radius 2 is 2.09 bits per heavy atom. The molecule has 0 radical (unpaired) electrons. The molecule has 1 aliphatic heterocycles. The Kier molecular flexibility index (Phi) is 7.14. The maximum absolute atomic E-state index is 14.4. The maximum atomic E-state index is 14.4. The lowest BCUT2D eigenvalue weighted by Crippen LogP contribution is -2.50. The first-order valence-electron chi connectivity index (χ1n) is 11.5. The highest BCUT2D eigenvalue weighted by atomic mass is 79.9. The Labute approximate surface area is 211 Å². The number of amides is 2. The number of nitrogens with zero attached hydrogens (tertiary/aromatic N) is 2. The monoisotopic (exact) mass is 545 g/mol. The van der Waals surface area contributed by atoms with Crippen LogP contribution in [0.1, 0.15) is 49.5 Å². The van der Waals surface area contributed by atoms with Crippen molar-refractivity contribution < 1.29 is 18.7 Å². The molecule has 0 spiro atoms. The van der Waals surface area contributed by atoms with Crippen molar-refractivity contribution in [1.29, 1.82) is 0 Å². The van der Waals surface area contributed by atoms with Crippen LogP contribution in [0.5, 0.6) is 0 Å². The van der Waals surface area contributed by atoms with Crippen LogP contribution in [0, 0.1) is 12.7 Å². The van der Waals surface area contributed by atoms with Gasteiger partial charge >= 0.3 is 6.09 Å². The number of hydrogen-bond donors (Lipinski definition) is 3. The molecule has 10 heteroatoms. The van der Waals surface area contributed by atoms with E-state index in [4.69, 9.17) is 4.74 Å². The molecular formula is C25H29BrFN5O3. The third kappa shape index (κ3) is 5.48. The molecular weight excluding hydrogens is 517 g/mol. The number of anilines is 2. The lowest BCUT2D eigenvalue weighted by molar-refractivity contribution is 0.0560. The minimum absolute atomic E-state index is 0.0654. The van der Waals surface area contributed by atoms with Gasteiger partial charge in [0.15, 0.2) is 0 Å². The summed E-state index contributed by atoms with van der Waals surface area (Å²) >= 11 is 3.56. The minimum Gasteiger partial charge on any atom is -0.443 e. The Balaban J connectivity index is 1.81. The van der Waals surface area contributed by atoms with Gasteiger partial charge < -0.3 is 20.4 Å². The van der Waals surface area contributed by atoms with Crippen molar-refractivity contribution in [1.82, 2.24) is 15.3 Å². The zero-order valence-electron chi connectivity index (χ0n) is 20.2. The van der Waals surface area contributed by atoms with E-state index in [1.165, 1.54) is 12.1 Å². The van der Waals surface area contributed by atoms with Gasteiger partial charge in [0.1, 0.15) is 17.1 Å². The van der Waals surface area contributed by atoms with Gasteiger partial charge in [-0.1, -0.05) is 11.6 Å². The van der Waals surface area contributed by atoms with E-state index in [1.807, 2.05) is 20.8 Å². The molecule has 1 aliphatic rings. The number of carbonyl (C=O) groups is 2. The van der Waals surface area contributed by atoms with E-state index in [0.717, 1.165) is 24.9 Å². The zero-order chi connectivity index (χ0) is 25.3. The topological polar surface area (TPSA) is 99.4 Å². The molecule has 0 saturated carbocycles. The van der Waals surface area contributed by atoms with Gasteiger partial charge in [0, 0.05) is 18.9 Å². The van der Waals surface area contributed by atoms with E-state index in [2.05, 4.69) is 36.5 Å². The Bertz CT molecular complexity index is 1260. The Morgan fingerprint density at radius 3 is 2.77 bits per heavy atom. The fourth-order valence-corrected chi connectivity index (χ4v) is 4.67. The normalized spacial score (nSPS) is 16.2. The minimum atomic E-state index is -0.700. The second-order valence-electron chi connectivity index (χ2n) is 9.67. The number of aromatic amines is 1. The summed E-state index contributed by atoms with van der Waals surface area (Å²) in [6, 6.07) is 4.19. The van der Waals surface area contributed by atoms with E-state index in [1.54, 1.807) is 30.3 Å². The molecule has 4 rings (SSSR count). The molecule has 3 heterocycles. The van der Waals surface area contributed by atoms with Crippen LogP contribution in [0.25, 0.3) is 11.0 Å². The molecule has 3 aromatic rings. The third-order valence-corrected chi connectivity index (χ3v) is 6.29. The van der Waals surface area contributed by atoms with Crippen LogP contribution >= 0.6 is 15.9 Å². The molecule has 186 valence electrons. The largest absolute Gasteiger partial charge is 0.443 e. The number of carbonyl (C=O) groups excluding carboxylic acids is 2. The van der Waals surface area contributed by atoms with Crippen molar-refractivity contribution in [2.24, 2.45) is 0 Å². The molecule has 2 aromatic heterocycles. The van der Waals surface area contributed by atoms with Crippen molar-refractivity contribution in [3.05, 3.63) is 52.0 Å². The van der Waals surface area contributed by atoms with Gasteiger partial charge in [0.05, 0.1) is 32.8 Å². The van der Waals surface area contributed by atoms with Crippen LogP contribution in [0.4, 0.5) is 20.6 Å². The number of aromatic nitrogens is 2. The number of aryl methyl sites for hydroxylation is 1. The number of ether oxygens (including phenoxy) is 1. The number of rotatable bonds is 4. The number of pyridine rings is 1. The number of hydrogen-bond acceptors (Lipinski definition) is 5. The summed E-state index contributed by atoms with van der Waals surface area (Å²) in [6.45, 7) is 8.71. The van der Waals surface area contributed by atoms with Crippen LogP contribution in [-0.2, 0) is 4.74 Å². The second-order valence-corrected chi connectivity index (χ2v) is 10.5. The molecule has 0 unspecified atom stereocenters. The standard InChI is InChI=1S/C25H29BrFN5O3/c1-14-7-8-18(27)16(10-14)23(33)31-19-13-30-22-20(19)21(17(26)12-29-22)32(15-6-5-9-28-11-15)24(34)35-25(2,3)4/h7-8,10,12-13,15,28H,5-6,9,11H2,1-4H3,(H,29,30)(H,31,33)/t15-/m1/s1. The molecule has 0 bridgehead atoms. The van der Waals surface area contributed by atoms with Gasteiger partial charge in [-0.15, -0.1) is 0 Å². The van der Waals surface area contributed by atoms with Crippen molar-refractivity contribution in [2.75, 3.05) is 23.3 Å². The number of fused-ring (bicyclic) bond motifs is 1. The molecule has 2 amide bonds. The van der Waals surface area contributed by atoms with Crippen molar-refractivity contribution in [2.45, 2.75) is 52.2 Å². The quantitative estimate of drug-likeness (QED) is 0.401. The molecule has 8 nitrogen and oxygen atoms in total. The van der Waals surface area contributed by atoms with Crippen molar-refractivity contribution >= 4 is 50.3 Å². The van der Waals surface area contributed by atoms with E-state index >= 15 is 0 Å². The third-order valence-electron chi connectivity index (χ3n) is 5.71. The van der Waals surface area contributed by atoms with Crippen molar-refractivity contribution in [3.8, 4) is 0 Å². The van der Waals surface area contributed by atoms with Gasteiger partial charge in [-0.25, -0.2) is 14.2 Å². The van der Waals surface area contributed by atoms with Gasteiger partial charge in [-0.05, 0) is 75.1 Å². The molecule has 1 saturated heterocycles. The van der Waals surface area contributed by atoms with Crippen molar-refractivity contribution in [3.63, 3.8) is 0 Å². The van der Waals surface area contributed by atoms with Crippen LogP contribution < -0.4 is 15.5 Å². The summed E-state index contributed by atoms with van der Waals surface area (Å²) in [5, 5.41) is 6.67. The molecule has 1 atom stereocenters. The van der Waals surface area contributed by atoms with Crippen LogP contribution in [0.15, 0.2) is 35.1 Å². The number of H-pyrrole nitrogens is 1. The summed E-state index contributed by atoms with van der Waals surface area (Å²) in [5.41, 5.74) is 1.38. The fraction of sp³-hybridized carbons (Fsp3) is 0.400. The number of halogens is 2. The van der Waals surface area contributed by atoms with Gasteiger partial charge in [0.2, 0.25) is 0 Å². The smallest absolute Gasteiger partial charge is 0.415 e. The first-order valence-corrected chi connectivity index (χ1v) is 12.3. The number of nitrogens with one attached hydrogen (secondary N) is 3. The molecule has 3 N–H and O–H groups in total. The summed E-state index contributed by atoms with van der Waals surface area (Å²) in [7, 11) is 0. The lowest BCUT2D eigenvalue weighted by atomic mass is 10.0. The first kappa shape index (κ1) is 25.1. The predicted octanol–water partition coefficient (Wildman–Crippen LogP) is 5.52. The molecule has 1 aromatic carbocycles. The first-order chi connectivity index (χ1) is 16.5. The van der Waals surface area contributed by atoms with Crippen LogP contribution in [0.2, 0.25) is 0 Å². The number of piperidine rings is 1. The van der Waals surface area contributed by atoms with Crippen LogP contribution in [0.3, 0.4) is 0 Å². The molecule has 0 aliphatic carbocycles. The second kappa shape index (κ2) is 9.94. The van der Waals surface area contributed by atoms with Gasteiger partial charge in [0.25, 0.3) is 5.91 Å². The Hall–Kier alpha value is -2.98. The van der Waals surface area contributed by atoms with E-state index in [-0.39, 0.29) is 11.6 Å². The summed E-state index contributed by atoms with van der Waals surface area (Å²) in [4.78, 5) is 35.6. The van der Waals surface area contributed by atoms with E-state index < -0.39 is 23.4 Å². The van der Waals surface area contributed by atoms with Gasteiger partial charge in [-0.3, -0.25) is 9.69 Å². The number of benzene rings is 1. The average Bonchev–Trinajstić information content (AvgIpc) is 3.19. The maximum Gasteiger partial charge on any atom is 0.415 e. The van der Waals surface area contributed by atoms with E-state index in [0.29, 0.717) is 33.4 Å². The SMILES string of the molecule is Cc1ccc(F)c(C(=O)Nc2c[nH]c3ncc(Br)c(N(C(=O)OC(C)(C)C)[C@@H]4CCCNC4)c23)c1.